The summed E-state index contributed by atoms with van der Waals surface area (Å²) in [5, 5.41) is 6.87. The van der Waals surface area contributed by atoms with E-state index in [4.69, 9.17) is 10.3 Å². The Morgan fingerprint density at radius 1 is 1.58 bits per heavy atom. The molecular weight excluding hydrogens is 244 g/mol. The second kappa shape index (κ2) is 7.36. The van der Waals surface area contributed by atoms with Gasteiger partial charge in [0.25, 0.3) is 0 Å². The van der Waals surface area contributed by atoms with Crippen molar-refractivity contribution in [3.05, 3.63) is 10.4 Å². The molecule has 0 saturated heterocycles. The summed E-state index contributed by atoms with van der Waals surface area (Å²) in [5.41, 5.74) is 7.65. The zero-order valence-electron chi connectivity index (χ0n) is 12.1. The van der Waals surface area contributed by atoms with Crippen LogP contribution in [0.3, 0.4) is 0 Å². The summed E-state index contributed by atoms with van der Waals surface area (Å²) in [4.78, 5) is 14.9. The van der Waals surface area contributed by atoms with E-state index in [9.17, 15) is 4.79 Å². The Hall–Kier alpha value is -1.26. The second-order valence-electron chi connectivity index (χ2n) is 5.36. The molecule has 0 aromatic carbocycles. The molecule has 0 radical (unpaired) electrons. The van der Waals surface area contributed by atoms with Gasteiger partial charge in [0.05, 0.1) is 7.11 Å². The topological polar surface area (TPSA) is 87.1 Å². The van der Waals surface area contributed by atoms with E-state index in [0.717, 1.165) is 25.7 Å². The predicted octanol–water partition coefficient (Wildman–Crippen LogP) is 2.64. The summed E-state index contributed by atoms with van der Waals surface area (Å²) in [6.45, 7) is 5.40. The van der Waals surface area contributed by atoms with Gasteiger partial charge in [0.15, 0.2) is 0 Å². The van der Waals surface area contributed by atoms with Crippen molar-refractivity contribution in [3.63, 3.8) is 0 Å². The third-order valence-corrected chi connectivity index (χ3v) is 4.35. The SMILES string of the molecule is COC(=O)C1(NCCCN=[N+]=[N-])CCCC(C)C1C. The van der Waals surface area contributed by atoms with E-state index < -0.39 is 5.54 Å². The van der Waals surface area contributed by atoms with Crippen molar-refractivity contribution in [1.82, 2.24) is 5.32 Å². The average Bonchev–Trinajstić information content (AvgIpc) is 2.42. The molecule has 0 aromatic rings. The Labute approximate surface area is 114 Å². The minimum Gasteiger partial charge on any atom is -0.468 e. The van der Waals surface area contributed by atoms with Gasteiger partial charge in [-0.25, -0.2) is 0 Å². The van der Waals surface area contributed by atoms with E-state index in [0.29, 0.717) is 19.0 Å². The van der Waals surface area contributed by atoms with E-state index in [1.54, 1.807) is 0 Å². The van der Waals surface area contributed by atoms with Crippen LogP contribution in [0.1, 0.15) is 39.5 Å². The molecule has 3 atom stereocenters. The van der Waals surface area contributed by atoms with Crippen LogP contribution in [0, 0.1) is 11.8 Å². The summed E-state index contributed by atoms with van der Waals surface area (Å²) in [7, 11) is 1.44. The van der Waals surface area contributed by atoms with Crippen molar-refractivity contribution < 1.29 is 9.53 Å². The standard InChI is InChI=1S/C13H24N4O2/c1-10-6-4-7-13(11(10)2,12(18)19-3)15-8-5-9-16-17-14/h10-11,15H,4-9H2,1-3H3. The quantitative estimate of drug-likeness (QED) is 0.264. The van der Waals surface area contributed by atoms with Gasteiger partial charge in [-0.05, 0) is 36.8 Å². The number of nitrogens with one attached hydrogen (secondary N) is 1. The lowest BCUT2D eigenvalue weighted by atomic mass is 9.68. The number of hydrogen-bond acceptors (Lipinski definition) is 4. The lowest BCUT2D eigenvalue weighted by molar-refractivity contribution is -0.154. The van der Waals surface area contributed by atoms with Crippen LogP contribution in [-0.4, -0.2) is 31.7 Å². The van der Waals surface area contributed by atoms with Crippen molar-refractivity contribution in [3.8, 4) is 0 Å². The highest BCUT2D eigenvalue weighted by Crippen LogP contribution is 2.38. The normalized spacial score (nSPS) is 30.5. The Kier molecular flexibility index (Phi) is 6.12. The van der Waals surface area contributed by atoms with Crippen LogP contribution < -0.4 is 5.32 Å². The van der Waals surface area contributed by atoms with Crippen LogP contribution in [0.15, 0.2) is 5.11 Å². The molecule has 1 fully saturated rings. The Balaban J connectivity index is 2.70. The van der Waals surface area contributed by atoms with Crippen molar-refractivity contribution in [2.45, 2.75) is 45.1 Å². The first kappa shape index (κ1) is 15.8. The summed E-state index contributed by atoms with van der Waals surface area (Å²) in [6, 6.07) is 0. The molecule has 1 aliphatic rings. The van der Waals surface area contributed by atoms with Gasteiger partial charge < -0.3 is 10.1 Å². The van der Waals surface area contributed by atoms with Gasteiger partial charge in [0, 0.05) is 11.5 Å². The molecule has 0 aromatic heterocycles. The van der Waals surface area contributed by atoms with Crippen LogP contribution in [0.2, 0.25) is 0 Å². The maximum Gasteiger partial charge on any atom is 0.326 e. The molecule has 6 heteroatoms. The number of nitrogens with zero attached hydrogens (tertiary/aromatic N) is 3. The minimum absolute atomic E-state index is 0.171. The third kappa shape index (κ3) is 3.61. The Morgan fingerprint density at radius 3 is 2.95 bits per heavy atom. The third-order valence-electron chi connectivity index (χ3n) is 4.35. The van der Waals surface area contributed by atoms with Crippen molar-refractivity contribution in [2.75, 3.05) is 20.2 Å². The fourth-order valence-corrected chi connectivity index (χ4v) is 2.96. The Bertz CT molecular complexity index is 355. The maximum absolute atomic E-state index is 12.2. The van der Waals surface area contributed by atoms with Crippen LogP contribution in [0.5, 0.6) is 0 Å². The number of methoxy groups -OCH3 is 1. The number of carbonyl (C=O) groups is 1. The lowest BCUT2D eigenvalue weighted by Crippen LogP contribution is -2.60. The van der Waals surface area contributed by atoms with Gasteiger partial charge in [-0.3, -0.25) is 4.79 Å². The molecule has 1 rings (SSSR count). The number of hydrogen-bond donors (Lipinski definition) is 1. The van der Waals surface area contributed by atoms with Gasteiger partial charge in [-0.2, -0.15) is 0 Å². The summed E-state index contributed by atoms with van der Waals surface area (Å²) in [6.07, 6.45) is 3.72. The van der Waals surface area contributed by atoms with E-state index in [2.05, 4.69) is 29.2 Å². The highest BCUT2D eigenvalue weighted by molar-refractivity contribution is 5.81. The van der Waals surface area contributed by atoms with Gasteiger partial charge in [0.2, 0.25) is 0 Å². The first-order chi connectivity index (χ1) is 9.08. The first-order valence-corrected chi connectivity index (χ1v) is 6.92. The number of azide groups is 1. The summed E-state index contributed by atoms with van der Waals surface area (Å²) < 4.78 is 5.01. The van der Waals surface area contributed by atoms with Crippen molar-refractivity contribution in [2.24, 2.45) is 17.0 Å². The largest absolute Gasteiger partial charge is 0.468 e. The molecular formula is C13H24N4O2. The zero-order valence-corrected chi connectivity index (χ0v) is 12.1. The smallest absolute Gasteiger partial charge is 0.326 e. The van der Waals surface area contributed by atoms with Gasteiger partial charge in [-0.15, -0.1) is 0 Å². The fraction of sp³-hybridized carbons (Fsp3) is 0.923. The molecule has 0 spiro atoms. The van der Waals surface area contributed by atoms with E-state index >= 15 is 0 Å². The fourth-order valence-electron chi connectivity index (χ4n) is 2.96. The molecule has 1 aliphatic carbocycles. The van der Waals surface area contributed by atoms with Crippen LogP contribution >= 0.6 is 0 Å². The Morgan fingerprint density at radius 2 is 2.32 bits per heavy atom. The molecule has 0 bridgehead atoms. The van der Waals surface area contributed by atoms with Gasteiger partial charge >= 0.3 is 5.97 Å². The highest BCUT2D eigenvalue weighted by atomic mass is 16.5. The molecule has 1 saturated carbocycles. The number of rotatable bonds is 6. The second-order valence-corrected chi connectivity index (χ2v) is 5.36. The molecule has 6 nitrogen and oxygen atoms in total. The highest BCUT2D eigenvalue weighted by Gasteiger charge is 2.47. The van der Waals surface area contributed by atoms with E-state index in [-0.39, 0.29) is 11.9 Å². The minimum atomic E-state index is -0.581. The maximum atomic E-state index is 12.2. The molecule has 3 unspecified atom stereocenters. The van der Waals surface area contributed by atoms with Gasteiger partial charge in [-0.1, -0.05) is 31.8 Å². The van der Waals surface area contributed by atoms with Crippen LogP contribution in [0.25, 0.3) is 10.4 Å². The number of carbonyl (C=O) groups excluding carboxylic acids is 1. The molecule has 0 amide bonds. The number of esters is 1. The van der Waals surface area contributed by atoms with E-state index in [1.165, 1.54) is 7.11 Å². The summed E-state index contributed by atoms with van der Waals surface area (Å²) in [5.74, 6) is 0.570. The van der Waals surface area contributed by atoms with E-state index in [1.807, 2.05) is 0 Å². The lowest BCUT2D eigenvalue weighted by Gasteiger charge is -2.44. The zero-order chi connectivity index (χ0) is 14.3. The molecule has 108 valence electrons. The molecule has 19 heavy (non-hydrogen) atoms. The molecule has 0 heterocycles. The van der Waals surface area contributed by atoms with Crippen molar-refractivity contribution in [1.29, 1.82) is 0 Å². The average molecular weight is 268 g/mol. The van der Waals surface area contributed by atoms with Crippen LogP contribution in [-0.2, 0) is 9.53 Å². The van der Waals surface area contributed by atoms with Gasteiger partial charge in [0.1, 0.15) is 5.54 Å². The summed E-state index contributed by atoms with van der Waals surface area (Å²) >= 11 is 0. The predicted molar refractivity (Wildman–Crippen MR) is 73.6 cm³/mol. The first-order valence-electron chi connectivity index (χ1n) is 6.92. The molecule has 1 N–H and O–H groups in total. The monoisotopic (exact) mass is 268 g/mol. The van der Waals surface area contributed by atoms with Crippen LogP contribution in [0.4, 0.5) is 0 Å². The van der Waals surface area contributed by atoms with Crippen molar-refractivity contribution >= 4 is 5.97 Å². The molecule has 0 aliphatic heterocycles. The number of ether oxygens (including phenoxy) is 1.